The van der Waals surface area contributed by atoms with Crippen LogP contribution in [0.3, 0.4) is 0 Å². The molecule has 0 aliphatic heterocycles. The molecule has 0 saturated heterocycles. The maximum Gasteiger partial charge on any atom is 0.234 e. The van der Waals surface area contributed by atoms with Crippen LogP contribution >= 0.6 is 11.8 Å². The highest BCUT2D eigenvalue weighted by atomic mass is 32.2. The van der Waals surface area contributed by atoms with Crippen molar-refractivity contribution in [3.05, 3.63) is 66.0 Å². The first-order chi connectivity index (χ1) is 12.7. The Bertz CT molecular complexity index is 946. The van der Waals surface area contributed by atoms with Gasteiger partial charge in [-0.05, 0) is 30.3 Å². The quantitative estimate of drug-likeness (QED) is 0.678. The molecular weight excluding hydrogens is 346 g/mol. The Morgan fingerprint density at radius 2 is 2.00 bits per heavy atom. The van der Waals surface area contributed by atoms with Crippen LogP contribution in [0.15, 0.2) is 59.8 Å². The fraction of sp³-hybridized carbons (Fsp3) is 0.158. The van der Waals surface area contributed by atoms with E-state index >= 15 is 0 Å². The van der Waals surface area contributed by atoms with Gasteiger partial charge in [0, 0.05) is 17.8 Å². The monoisotopic (exact) mass is 363 g/mol. The molecule has 1 heterocycles. The summed E-state index contributed by atoms with van der Waals surface area (Å²) in [6.45, 7) is 2.02. The van der Waals surface area contributed by atoms with E-state index in [0.29, 0.717) is 16.4 Å². The van der Waals surface area contributed by atoms with Crippen LogP contribution in [0.5, 0.6) is 0 Å². The van der Waals surface area contributed by atoms with Crippen LogP contribution in [-0.4, -0.2) is 26.4 Å². The summed E-state index contributed by atoms with van der Waals surface area (Å²) in [5.74, 6) is 0.887. The van der Waals surface area contributed by atoms with Crippen molar-refractivity contribution < 1.29 is 4.79 Å². The van der Waals surface area contributed by atoms with Gasteiger partial charge in [-0.3, -0.25) is 9.36 Å². The molecule has 0 spiro atoms. The number of carbonyl (C=O) groups is 1. The zero-order chi connectivity index (χ0) is 18.4. The Morgan fingerprint density at radius 1 is 1.19 bits per heavy atom. The minimum Gasteiger partial charge on any atom is -0.325 e. The lowest BCUT2D eigenvalue weighted by molar-refractivity contribution is -0.113. The van der Waals surface area contributed by atoms with E-state index < -0.39 is 0 Å². The standard InChI is InChI=1S/C19H17N5OS/c1-2-17-22-23-19(24(17)16-9-4-3-5-10-16)26-13-18(25)21-15-8-6-7-14(11-15)12-20/h3-11H,2,13H2,1H3,(H,21,25). The van der Waals surface area contributed by atoms with Gasteiger partial charge in [-0.15, -0.1) is 10.2 Å². The third-order valence-electron chi connectivity index (χ3n) is 3.64. The van der Waals surface area contributed by atoms with Crippen LogP contribution in [-0.2, 0) is 11.2 Å². The molecule has 1 N–H and O–H groups in total. The van der Waals surface area contributed by atoms with Gasteiger partial charge in [0.25, 0.3) is 0 Å². The number of nitrogens with zero attached hydrogens (tertiary/aromatic N) is 4. The zero-order valence-corrected chi connectivity index (χ0v) is 15.0. The van der Waals surface area contributed by atoms with Gasteiger partial charge in [-0.2, -0.15) is 5.26 Å². The van der Waals surface area contributed by atoms with Gasteiger partial charge in [-0.1, -0.05) is 43.0 Å². The normalized spacial score (nSPS) is 10.3. The average Bonchev–Trinajstić information content (AvgIpc) is 3.10. The molecule has 3 aromatic rings. The lowest BCUT2D eigenvalue weighted by atomic mass is 10.2. The van der Waals surface area contributed by atoms with Crippen molar-refractivity contribution in [2.45, 2.75) is 18.5 Å². The predicted molar refractivity (Wildman–Crippen MR) is 101 cm³/mol. The highest BCUT2D eigenvalue weighted by Gasteiger charge is 2.14. The van der Waals surface area contributed by atoms with E-state index in [2.05, 4.69) is 21.6 Å². The largest absolute Gasteiger partial charge is 0.325 e. The number of aromatic nitrogens is 3. The molecule has 0 atom stereocenters. The Labute approximate surface area is 155 Å². The Kier molecular flexibility index (Phi) is 5.66. The second-order valence-corrected chi connectivity index (χ2v) is 6.40. The second kappa shape index (κ2) is 8.32. The third-order valence-corrected chi connectivity index (χ3v) is 4.57. The number of rotatable bonds is 6. The van der Waals surface area contributed by atoms with E-state index in [0.717, 1.165) is 17.9 Å². The van der Waals surface area contributed by atoms with E-state index in [-0.39, 0.29) is 11.7 Å². The smallest absolute Gasteiger partial charge is 0.234 e. The minimum atomic E-state index is -0.161. The Balaban J connectivity index is 1.71. The molecule has 0 aliphatic rings. The maximum atomic E-state index is 12.2. The number of carbonyl (C=O) groups excluding carboxylic acids is 1. The van der Waals surface area contributed by atoms with Crippen molar-refractivity contribution in [1.29, 1.82) is 5.26 Å². The number of nitriles is 1. The molecule has 2 aromatic carbocycles. The first-order valence-corrected chi connectivity index (χ1v) is 9.12. The molecule has 3 rings (SSSR count). The number of benzene rings is 2. The molecule has 130 valence electrons. The summed E-state index contributed by atoms with van der Waals surface area (Å²) in [5.41, 5.74) is 2.08. The van der Waals surface area contributed by atoms with Crippen molar-refractivity contribution in [1.82, 2.24) is 14.8 Å². The molecule has 0 aliphatic carbocycles. The summed E-state index contributed by atoms with van der Waals surface area (Å²) in [6, 6.07) is 18.7. The van der Waals surface area contributed by atoms with Gasteiger partial charge >= 0.3 is 0 Å². The minimum absolute atomic E-state index is 0.161. The molecular formula is C19H17N5OS. The first-order valence-electron chi connectivity index (χ1n) is 8.13. The highest BCUT2D eigenvalue weighted by Crippen LogP contribution is 2.22. The average molecular weight is 363 g/mol. The molecule has 0 bridgehead atoms. The number of para-hydroxylation sites is 1. The molecule has 0 fully saturated rings. The van der Waals surface area contributed by atoms with Gasteiger partial charge in [-0.25, -0.2) is 0 Å². The molecule has 6 nitrogen and oxygen atoms in total. The van der Waals surface area contributed by atoms with Crippen LogP contribution in [0.2, 0.25) is 0 Å². The van der Waals surface area contributed by atoms with Gasteiger partial charge in [0.1, 0.15) is 5.82 Å². The fourth-order valence-corrected chi connectivity index (χ4v) is 3.22. The summed E-state index contributed by atoms with van der Waals surface area (Å²) in [5, 5.41) is 20.8. The predicted octanol–water partition coefficient (Wildman–Crippen LogP) is 3.43. The van der Waals surface area contributed by atoms with Crippen LogP contribution in [0.4, 0.5) is 5.69 Å². The first kappa shape index (κ1) is 17.7. The highest BCUT2D eigenvalue weighted by molar-refractivity contribution is 7.99. The summed E-state index contributed by atoms with van der Waals surface area (Å²) in [4.78, 5) is 12.2. The third kappa shape index (κ3) is 4.10. The van der Waals surface area contributed by atoms with Crippen molar-refractivity contribution >= 4 is 23.4 Å². The second-order valence-electron chi connectivity index (χ2n) is 5.45. The Hall–Kier alpha value is -3.11. The number of amides is 1. The zero-order valence-electron chi connectivity index (χ0n) is 14.2. The van der Waals surface area contributed by atoms with E-state index in [1.165, 1.54) is 11.8 Å². The number of nitrogens with one attached hydrogen (secondary N) is 1. The van der Waals surface area contributed by atoms with Gasteiger partial charge in [0.05, 0.1) is 17.4 Å². The van der Waals surface area contributed by atoms with Crippen LogP contribution in [0.25, 0.3) is 5.69 Å². The molecule has 0 saturated carbocycles. The number of hydrogen-bond acceptors (Lipinski definition) is 5. The Morgan fingerprint density at radius 3 is 2.73 bits per heavy atom. The number of aryl methyl sites for hydroxylation is 1. The summed E-state index contributed by atoms with van der Waals surface area (Å²) < 4.78 is 1.97. The molecule has 1 aromatic heterocycles. The number of hydrogen-bond donors (Lipinski definition) is 1. The SMILES string of the molecule is CCc1nnc(SCC(=O)Nc2cccc(C#N)c2)n1-c1ccccc1. The fourth-order valence-electron chi connectivity index (χ4n) is 2.45. The summed E-state index contributed by atoms with van der Waals surface area (Å²) >= 11 is 1.33. The van der Waals surface area contributed by atoms with E-state index in [4.69, 9.17) is 5.26 Å². The van der Waals surface area contributed by atoms with Crippen molar-refractivity contribution in [3.63, 3.8) is 0 Å². The molecule has 26 heavy (non-hydrogen) atoms. The lowest BCUT2D eigenvalue weighted by Gasteiger charge is -2.09. The van der Waals surface area contributed by atoms with Gasteiger partial charge in [0.15, 0.2) is 5.16 Å². The van der Waals surface area contributed by atoms with Gasteiger partial charge in [0.2, 0.25) is 5.91 Å². The molecule has 0 radical (unpaired) electrons. The number of anilines is 1. The van der Waals surface area contributed by atoms with Crippen LogP contribution in [0, 0.1) is 11.3 Å². The maximum absolute atomic E-state index is 12.2. The molecule has 0 unspecified atom stereocenters. The summed E-state index contributed by atoms with van der Waals surface area (Å²) in [7, 11) is 0. The molecule has 1 amide bonds. The summed E-state index contributed by atoms with van der Waals surface area (Å²) in [6.07, 6.45) is 0.746. The topological polar surface area (TPSA) is 83.6 Å². The lowest BCUT2D eigenvalue weighted by Crippen LogP contribution is -2.14. The van der Waals surface area contributed by atoms with Crippen molar-refractivity contribution in [2.24, 2.45) is 0 Å². The van der Waals surface area contributed by atoms with E-state index in [9.17, 15) is 4.79 Å². The van der Waals surface area contributed by atoms with Crippen LogP contribution < -0.4 is 5.32 Å². The van der Waals surface area contributed by atoms with E-state index in [1.54, 1.807) is 24.3 Å². The van der Waals surface area contributed by atoms with Crippen molar-refractivity contribution in [3.8, 4) is 11.8 Å². The van der Waals surface area contributed by atoms with Crippen LogP contribution in [0.1, 0.15) is 18.3 Å². The van der Waals surface area contributed by atoms with Crippen molar-refractivity contribution in [2.75, 3.05) is 11.1 Å². The number of thioether (sulfide) groups is 1. The van der Waals surface area contributed by atoms with E-state index in [1.807, 2.05) is 41.8 Å². The molecule has 7 heteroatoms. The van der Waals surface area contributed by atoms with Gasteiger partial charge < -0.3 is 5.32 Å².